The van der Waals surface area contributed by atoms with E-state index in [-0.39, 0.29) is 55.0 Å². The zero-order valence-corrected chi connectivity index (χ0v) is 23.3. The molecule has 0 bridgehead atoms. The van der Waals surface area contributed by atoms with Gasteiger partial charge in [-0.05, 0) is 60.3 Å². The van der Waals surface area contributed by atoms with Crippen molar-refractivity contribution in [3.8, 4) is 5.75 Å². The molecule has 13 heteroatoms. The predicted octanol–water partition coefficient (Wildman–Crippen LogP) is 1.29. The van der Waals surface area contributed by atoms with E-state index >= 15 is 0 Å². The number of carboxylic acids is 1. The van der Waals surface area contributed by atoms with Crippen molar-refractivity contribution in [3.05, 3.63) is 65.5 Å². The van der Waals surface area contributed by atoms with Gasteiger partial charge in [0.05, 0.1) is 24.6 Å². The van der Waals surface area contributed by atoms with Gasteiger partial charge in [-0.3, -0.25) is 14.5 Å². The van der Waals surface area contributed by atoms with Crippen LogP contribution in [0, 0.1) is 5.92 Å². The monoisotopic (exact) mass is 565 g/mol. The minimum absolute atomic E-state index is 0.0432. The maximum Gasteiger partial charge on any atom is 0.335 e. The van der Waals surface area contributed by atoms with Gasteiger partial charge in [-0.15, -0.1) is 5.10 Å². The summed E-state index contributed by atoms with van der Waals surface area (Å²) in [4.78, 5) is 40.9. The summed E-state index contributed by atoms with van der Waals surface area (Å²) in [7, 11) is 1.96. The van der Waals surface area contributed by atoms with Gasteiger partial charge in [0.1, 0.15) is 24.7 Å². The topological polar surface area (TPSA) is 163 Å². The summed E-state index contributed by atoms with van der Waals surface area (Å²) in [6.07, 6.45) is 1.08. The number of aromatic nitrogens is 4. The van der Waals surface area contributed by atoms with Crippen molar-refractivity contribution in [2.75, 3.05) is 32.1 Å². The number of likely N-dealkylation sites (N-methyl/N-ethyl adjacent to an activating group) is 1. The van der Waals surface area contributed by atoms with Crippen LogP contribution in [0.25, 0.3) is 0 Å². The summed E-state index contributed by atoms with van der Waals surface area (Å²) in [6.45, 7) is 5.09. The summed E-state index contributed by atoms with van der Waals surface area (Å²) < 4.78 is 7.84. The Morgan fingerprint density at radius 1 is 1.22 bits per heavy atom. The molecule has 1 aromatic heterocycles. The minimum Gasteiger partial charge on any atom is -0.488 e. The highest BCUT2D eigenvalue weighted by molar-refractivity contribution is 5.91. The van der Waals surface area contributed by atoms with Gasteiger partial charge in [0.2, 0.25) is 11.8 Å². The molecule has 0 radical (unpaired) electrons. The van der Waals surface area contributed by atoms with Crippen molar-refractivity contribution < 1.29 is 29.3 Å². The summed E-state index contributed by atoms with van der Waals surface area (Å²) >= 11 is 0. The SMILES string of the molecule is C[C@@H]1CN([C@@H](C)CO)C(=O)Cc2cc(NC(=O)Cn3cnnn3)ccc2O[C@H]1CN(C)Cc1ccc(C(=O)O)cc1. The number of rotatable bonds is 10. The summed E-state index contributed by atoms with van der Waals surface area (Å²) in [5, 5.41) is 32.6. The number of anilines is 1. The Hall–Kier alpha value is -4.36. The van der Waals surface area contributed by atoms with E-state index in [0.717, 1.165) is 5.56 Å². The van der Waals surface area contributed by atoms with Crippen LogP contribution in [0.5, 0.6) is 5.75 Å². The van der Waals surface area contributed by atoms with Crippen LogP contribution in [0.3, 0.4) is 0 Å². The van der Waals surface area contributed by atoms with Gasteiger partial charge in [-0.25, -0.2) is 9.48 Å². The number of ether oxygens (including phenoxy) is 1. The quantitative estimate of drug-likeness (QED) is 0.326. The van der Waals surface area contributed by atoms with Crippen molar-refractivity contribution >= 4 is 23.5 Å². The van der Waals surface area contributed by atoms with Gasteiger partial charge in [0.25, 0.3) is 0 Å². The molecule has 3 N–H and O–H groups in total. The normalized spacial score (nSPS) is 18.1. The van der Waals surface area contributed by atoms with E-state index in [1.165, 1.54) is 11.0 Å². The number of nitrogens with zero attached hydrogens (tertiary/aromatic N) is 6. The molecule has 3 atom stereocenters. The highest BCUT2D eigenvalue weighted by Crippen LogP contribution is 2.29. The van der Waals surface area contributed by atoms with Crippen LogP contribution in [0.1, 0.15) is 35.3 Å². The van der Waals surface area contributed by atoms with E-state index < -0.39 is 5.97 Å². The number of carboxylic acid groups (broad SMARTS) is 1. The lowest BCUT2D eigenvalue weighted by atomic mass is 10.0. The Balaban J connectivity index is 1.55. The fourth-order valence-electron chi connectivity index (χ4n) is 4.76. The maximum absolute atomic E-state index is 13.4. The minimum atomic E-state index is -0.970. The molecular formula is C28H35N7O6. The first-order chi connectivity index (χ1) is 19.6. The van der Waals surface area contributed by atoms with Crippen molar-refractivity contribution in [3.63, 3.8) is 0 Å². The highest BCUT2D eigenvalue weighted by atomic mass is 16.5. The van der Waals surface area contributed by atoms with Gasteiger partial charge in [-0.2, -0.15) is 0 Å². The van der Waals surface area contributed by atoms with Gasteiger partial charge < -0.3 is 25.2 Å². The zero-order valence-electron chi connectivity index (χ0n) is 23.3. The molecule has 0 unspecified atom stereocenters. The molecule has 1 aliphatic heterocycles. The molecule has 13 nitrogen and oxygen atoms in total. The van der Waals surface area contributed by atoms with Gasteiger partial charge in [0.15, 0.2) is 0 Å². The Bertz CT molecular complexity index is 1350. The molecule has 1 aliphatic rings. The standard InChI is InChI=1S/C28H35N7O6/c1-18-12-35(19(2)16-36)27(38)11-22-10-23(30-26(37)15-34-17-29-31-32-34)8-9-24(22)41-25(18)14-33(3)13-20-4-6-21(7-5-20)28(39)40/h4-10,17-19,25,36H,11-16H2,1-3H3,(H,30,37)(H,39,40)/t18-,19+,25+/m1/s1. The Labute approximate surface area is 237 Å². The van der Waals surface area contributed by atoms with Crippen LogP contribution < -0.4 is 10.1 Å². The first kappa shape index (κ1) is 29.6. The highest BCUT2D eigenvalue weighted by Gasteiger charge is 2.31. The number of aliphatic hydroxyl groups excluding tert-OH is 1. The van der Waals surface area contributed by atoms with E-state index in [4.69, 9.17) is 9.84 Å². The van der Waals surface area contributed by atoms with Gasteiger partial charge in [-0.1, -0.05) is 19.1 Å². The number of hydrogen-bond acceptors (Lipinski definition) is 9. The summed E-state index contributed by atoms with van der Waals surface area (Å²) in [6, 6.07) is 11.6. The number of carbonyl (C=O) groups is 3. The summed E-state index contributed by atoms with van der Waals surface area (Å²) in [5.41, 5.74) is 2.32. The molecule has 41 heavy (non-hydrogen) atoms. The molecule has 2 amide bonds. The molecule has 2 aromatic carbocycles. The predicted molar refractivity (Wildman–Crippen MR) is 148 cm³/mol. The van der Waals surface area contributed by atoms with Crippen LogP contribution in [-0.2, 0) is 29.1 Å². The van der Waals surface area contributed by atoms with E-state index in [0.29, 0.717) is 36.6 Å². The molecule has 0 spiro atoms. The lowest BCUT2D eigenvalue weighted by Crippen LogP contribution is -2.47. The number of amides is 2. The average molecular weight is 566 g/mol. The van der Waals surface area contributed by atoms with Crippen LogP contribution in [0.15, 0.2) is 48.8 Å². The van der Waals surface area contributed by atoms with Gasteiger partial charge in [0, 0.05) is 36.8 Å². The Kier molecular flexibility index (Phi) is 9.63. The van der Waals surface area contributed by atoms with Crippen molar-refractivity contribution in [2.24, 2.45) is 5.92 Å². The zero-order chi connectivity index (χ0) is 29.5. The number of tetrazole rings is 1. The molecule has 0 saturated heterocycles. The van der Waals surface area contributed by atoms with Crippen LogP contribution in [0.2, 0.25) is 0 Å². The largest absolute Gasteiger partial charge is 0.488 e. The lowest BCUT2D eigenvalue weighted by molar-refractivity contribution is -0.134. The second kappa shape index (κ2) is 13.3. The maximum atomic E-state index is 13.4. The van der Waals surface area contributed by atoms with Crippen molar-refractivity contribution in [1.29, 1.82) is 0 Å². The van der Waals surface area contributed by atoms with Crippen molar-refractivity contribution in [1.82, 2.24) is 30.0 Å². The number of hydrogen-bond donors (Lipinski definition) is 3. The lowest BCUT2D eigenvalue weighted by Gasteiger charge is -2.34. The first-order valence-electron chi connectivity index (χ1n) is 13.3. The van der Waals surface area contributed by atoms with Crippen LogP contribution in [-0.4, -0.2) is 96.9 Å². The smallest absolute Gasteiger partial charge is 0.335 e. The molecule has 0 saturated carbocycles. The molecule has 218 valence electrons. The number of aromatic carboxylic acids is 1. The molecule has 2 heterocycles. The second-order valence-electron chi connectivity index (χ2n) is 10.5. The fraction of sp³-hybridized carbons (Fsp3) is 0.429. The number of benzene rings is 2. The first-order valence-corrected chi connectivity index (χ1v) is 13.3. The third-order valence-corrected chi connectivity index (χ3v) is 7.04. The molecule has 4 rings (SSSR count). The molecule has 0 fully saturated rings. The second-order valence-corrected chi connectivity index (χ2v) is 10.5. The molecule has 0 aliphatic carbocycles. The number of nitrogens with one attached hydrogen (secondary N) is 1. The van der Waals surface area contributed by atoms with Crippen LogP contribution >= 0.6 is 0 Å². The van der Waals surface area contributed by atoms with E-state index in [1.807, 2.05) is 20.9 Å². The Morgan fingerprint density at radius 3 is 2.63 bits per heavy atom. The average Bonchev–Trinajstić information content (AvgIpc) is 3.45. The number of aliphatic hydroxyl groups is 1. The molecular weight excluding hydrogens is 530 g/mol. The third kappa shape index (κ3) is 7.86. The van der Waals surface area contributed by atoms with E-state index in [2.05, 4.69) is 25.7 Å². The number of fused-ring (bicyclic) bond motifs is 1. The Morgan fingerprint density at radius 2 is 1.98 bits per heavy atom. The van der Waals surface area contributed by atoms with Crippen LogP contribution in [0.4, 0.5) is 5.69 Å². The number of carbonyl (C=O) groups excluding carboxylic acids is 2. The van der Waals surface area contributed by atoms with Gasteiger partial charge >= 0.3 is 5.97 Å². The third-order valence-electron chi connectivity index (χ3n) is 7.04. The fourth-order valence-corrected chi connectivity index (χ4v) is 4.76. The van der Waals surface area contributed by atoms with E-state index in [1.54, 1.807) is 47.4 Å². The van der Waals surface area contributed by atoms with Crippen molar-refractivity contribution in [2.45, 2.75) is 45.5 Å². The van der Waals surface area contributed by atoms with E-state index in [9.17, 15) is 19.5 Å². The molecule has 3 aromatic rings. The summed E-state index contributed by atoms with van der Waals surface area (Å²) in [5.74, 6) is -0.971.